The summed E-state index contributed by atoms with van der Waals surface area (Å²) in [4.78, 5) is 39.4. The van der Waals surface area contributed by atoms with Crippen LogP contribution in [0.1, 0.15) is 23.6 Å². The van der Waals surface area contributed by atoms with E-state index < -0.39 is 30.0 Å². The number of benzene rings is 2. The Morgan fingerprint density at radius 3 is 2.22 bits per heavy atom. The Morgan fingerprint density at radius 2 is 1.67 bits per heavy atom. The summed E-state index contributed by atoms with van der Waals surface area (Å²) in [5, 5.41) is 9.12. The van der Waals surface area contributed by atoms with E-state index in [-0.39, 0.29) is 6.54 Å². The number of nitrogens with two attached hydrogens (primary N) is 1. The molecule has 3 rings (SSSR count). The van der Waals surface area contributed by atoms with E-state index in [0.29, 0.717) is 12.1 Å². The Kier molecular flexibility index (Phi) is 4.96. The van der Waals surface area contributed by atoms with Crippen molar-refractivity contribution in [1.82, 2.24) is 9.80 Å². The molecule has 3 amide bonds. The Labute approximate surface area is 157 Å². The Balaban J connectivity index is 2.05. The second-order valence-electron chi connectivity index (χ2n) is 6.61. The van der Waals surface area contributed by atoms with Gasteiger partial charge < -0.3 is 15.7 Å². The second-order valence-corrected chi connectivity index (χ2v) is 6.61. The molecule has 1 aliphatic rings. The fourth-order valence-electron chi connectivity index (χ4n) is 3.31. The molecule has 0 bridgehead atoms. The Bertz CT molecular complexity index is 867. The van der Waals surface area contributed by atoms with Gasteiger partial charge in [-0.3, -0.25) is 14.5 Å². The van der Waals surface area contributed by atoms with Crippen LogP contribution in [0, 0.1) is 0 Å². The van der Waals surface area contributed by atoms with Gasteiger partial charge in [-0.2, -0.15) is 0 Å². The molecule has 0 spiro atoms. The van der Waals surface area contributed by atoms with Crippen LogP contribution in [0.4, 0.5) is 4.79 Å². The number of nitrogens with zero attached hydrogens (tertiary/aromatic N) is 2. The van der Waals surface area contributed by atoms with Crippen molar-refractivity contribution in [3.05, 3.63) is 71.3 Å². The van der Waals surface area contributed by atoms with E-state index in [1.165, 1.54) is 4.90 Å². The summed E-state index contributed by atoms with van der Waals surface area (Å²) in [6, 6.07) is 15.8. The Hall–Kier alpha value is -3.19. The smallest absolute Gasteiger partial charge is 0.328 e. The monoisotopic (exact) mass is 367 g/mol. The van der Waals surface area contributed by atoms with E-state index in [1.807, 2.05) is 30.3 Å². The van der Waals surface area contributed by atoms with Gasteiger partial charge in [-0.25, -0.2) is 4.79 Å². The predicted octanol–water partition coefficient (Wildman–Crippen LogP) is 1.91. The van der Waals surface area contributed by atoms with Crippen LogP contribution in [-0.2, 0) is 28.2 Å². The molecule has 1 atom stereocenters. The van der Waals surface area contributed by atoms with Gasteiger partial charge in [-0.15, -0.1) is 0 Å². The van der Waals surface area contributed by atoms with Gasteiger partial charge in [0.05, 0.1) is 0 Å². The van der Waals surface area contributed by atoms with Crippen LogP contribution in [0.5, 0.6) is 0 Å². The van der Waals surface area contributed by atoms with Crippen molar-refractivity contribution in [3.8, 4) is 0 Å². The zero-order valence-electron chi connectivity index (χ0n) is 15.0. The molecule has 1 saturated heterocycles. The van der Waals surface area contributed by atoms with Gasteiger partial charge in [0.2, 0.25) is 0 Å². The summed E-state index contributed by atoms with van der Waals surface area (Å²) in [5.74, 6) is -1.79. The minimum atomic E-state index is -1.30. The van der Waals surface area contributed by atoms with E-state index in [2.05, 4.69) is 0 Å². The number of carbonyl (C=O) groups excluding carboxylic acids is 2. The first-order valence-corrected chi connectivity index (χ1v) is 8.56. The number of carbonyl (C=O) groups is 3. The topological polar surface area (TPSA) is 104 Å². The van der Waals surface area contributed by atoms with Gasteiger partial charge in [0.1, 0.15) is 12.1 Å². The predicted molar refractivity (Wildman–Crippen MR) is 98.4 cm³/mol. The number of urea groups is 1. The van der Waals surface area contributed by atoms with Crippen molar-refractivity contribution in [2.45, 2.75) is 25.6 Å². The van der Waals surface area contributed by atoms with Crippen LogP contribution in [-0.4, -0.2) is 39.4 Å². The molecule has 0 aliphatic carbocycles. The molecule has 3 N–H and O–H groups in total. The van der Waals surface area contributed by atoms with E-state index >= 15 is 0 Å². The SMILES string of the molecule is C[C@@]1(c2ccc(CN)cc2)C(=O)N(CC(=O)O)C(=O)N1Cc1ccccc1. The summed E-state index contributed by atoms with van der Waals surface area (Å²) in [5.41, 5.74) is 6.70. The number of hydrogen-bond acceptors (Lipinski definition) is 4. The van der Waals surface area contributed by atoms with Crippen molar-refractivity contribution in [2.24, 2.45) is 5.73 Å². The maximum atomic E-state index is 13.1. The largest absolute Gasteiger partial charge is 0.480 e. The van der Waals surface area contributed by atoms with Crippen LogP contribution in [0.15, 0.2) is 54.6 Å². The maximum absolute atomic E-state index is 13.1. The minimum Gasteiger partial charge on any atom is -0.480 e. The van der Waals surface area contributed by atoms with E-state index in [9.17, 15) is 14.4 Å². The van der Waals surface area contributed by atoms with Crippen LogP contribution in [0.3, 0.4) is 0 Å². The van der Waals surface area contributed by atoms with Crippen molar-refractivity contribution in [2.75, 3.05) is 6.54 Å². The van der Waals surface area contributed by atoms with Gasteiger partial charge in [-0.1, -0.05) is 54.6 Å². The molecule has 1 fully saturated rings. The van der Waals surface area contributed by atoms with Crippen molar-refractivity contribution >= 4 is 17.9 Å². The number of carboxylic acids is 1. The number of aliphatic carboxylic acids is 1. The first-order chi connectivity index (χ1) is 12.9. The van der Waals surface area contributed by atoms with Crippen LogP contribution >= 0.6 is 0 Å². The fourth-order valence-corrected chi connectivity index (χ4v) is 3.31. The lowest BCUT2D eigenvalue weighted by Crippen LogP contribution is -2.44. The highest BCUT2D eigenvalue weighted by atomic mass is 16.4. The number of carboxylic acid groups (broad SMARTS) is 1. The van der Waals surface area contributed by atoms with E-state index in [0.717, 1.165) is 16.0 Å². The average Bonchev–Trinajstić information content (AvgIpc) is 2.85. The second kappa shape index (κ2) is 7.20. The van der Waals surface area contributed by atoms with Gasteiger partial charge in [0, 0.05) is 13.1 Å². The molecule has 0 unspecified atom stereocenters. The van der Waals surface area contributed by atoms with E-state index in [4.69, 9.17) is 10.8 Å². The summed E-state index contributed by atoms with van der Waals surface area (Å²) in [7, 11) is 0. The number of hydrogen-bond donors (Lipinski definition) is 2. The molecular weight excluding hydrogens is 346 g/mol. The number of rotatable bonds is 6. The van der Waals surface area contributed by atoms with Gasteiger partial charge >= 0.3 is 12.0 Å². The molecular formula is C20H21N3O4. The van der Waals surface area contributed by atoms with Crippen molar-refractivity contribution in [3.63, 3.8) is 0 Å². The molecule has 27 heavy (non-hydrogen) atoms. The first kappa shape index (κ1) is 18.6. The van der Waals surface area contributed by atoms with Crippen LogP contribution in [0.25, 0.3) is 0 Å². The third kappa shape index (κ3) is 3.29. The lowest BCUT2D eigenvalue weighted by Gasteiger charge is -2.32. The van der Waals surface area contributed by atoms with Gasteiger partial charge in [0.25, 0.3) is 5.91 Å². The number of amides is 3. The minimum absolute atomic E-state index is 0.191. The average molecular weight is 367 g/mol. The van der Waals surface area contributed by atoms with Gasteiger partial charge in [0.15, 0.2) is 0 Å². The molecule has 2 aromatic carbocycles. The molecule has 0 aromatic heterocycles. The summed E-state index contributed by atoms with van der Waals surface area (Å²) < 4.78 is 0. The maximum Gasteiger partial charge on any atom is 0.328 e. The van der Waals surface area contributed by atoms with E-state index in [1.54, 1.807) is 31.2 Å². The Morgan fingerprint density at radius 1 is 1.04 bits per heavy atom. The zero-order valence-corrected chi connectivity index (χ0v) is 15.0. The standard InChI is InChI=1S/C20H21N3O4/c1-20(16-9-7-14(11-21)8-10-16)18(26)22(13-17(24)25)19(27)23(20)12-15-5-3-2-4-6-15/h2-10H,11-13,21H2,1H3,(H,24,25)/t20-/m1/s1. The summed E-state index contributed by atoms with van der Waals surface area (Å²) in [6.07, 6.45) is 0. The van der Waals surface area contributed by atoms with Crippen LogP contribution < -0.4 is 5.73 Å². The summed E-state index contributed by atoms with van der Waals surface area (Å²) in [6.45, 7) is 1.54. The molecule has 7 heteroatoms. The molecule has 0 saturated carbocycles. The highest BCUT2D eigenvalue weighted by Crippen LogP contribution is 2.38. The quantitative estimate of drug-likeness (QED) is 0.759. The third-order valence-electron chi connectivity index (χ3n) is 4.89. The zero-order chi connectivity index (χ0) is 19.6. The molecule has 2 aromatic rings. The lowest BCUT2D eigenvalue weighted by atomic mass is 9.89. The van der Waals surface area contributed by atoms with Crippen molar-refractivity contribution in [1.29, 1.82) is 0 Å². The van der Waals surface area contributed by atoms with Crippen molar-refractivity contribution < 1.29 is 19.5 Å². The lowest BCUT2D eigenvalue weighted by molar-refractivity contribution is -0.143. The fraction of sp³-hybridized carbons (Fsp3) is 0.250. The third-order valence-corrected chi connectivity index (χ3v) is 4.89. The number of imide groups is 1. The molecule has 0 radical (unpaired) electrons. The summed E-state index contributed by atoms with van der Waals surface area (Å²) >= 11 is 0. The molecule has 1 aliphatic heterocycles. The van der Waals surface area contributed by atoms with Gasteiger partial charge in [-0.05, 0) is 23.6 Å². The highest BCUT2D eigenvalue weighted by molar-refractivity contribution is 6.08. The molecule has 140 valence electrons. The molecule has 7 nitrogen and oxygen atoms in total. The normalized spacial score (nSPS) is 19.6. The molecule has 1 heterocycles. The highest BCUT2D eigenvalue weighted by Gasteiger charge is 2.55. The first-order valence-electron chi connectivity index (χ1n) is 8.56. The van der Waals surface area contributed by atoms with Crippen LogP contribution in [0.2, 0.25) is 0 Å².